The maximum Gasteiger partial charge on any atom is 0.264 e. The second-order valence-corrected chi connectivity index (χ2v) is 11.4. The molecule has 3 rings (SSSR count). The van der Waals surface area contributed by atoms with Gasteiger partial charge < -0.3 is 14.8 Å². The second kappa shape index (κ2) is 13.0. The van der Waals surface area contributed by atoms with Gasteiger partial charge >= 0.3 is 0 Å². The van der Waals surface area contributed by atoms with Gasteiger partial charge in [0.25, 0.3) is 10.0 Å². The van der Waals surface area contributed by atoms with Crippen molar-refractivity contribution >= 4 is 45.0 Å². The molecular formula is C26H28ClFN2O5S2. The van der Waals surface area contributed by atoms with Crippen LogP contribution in [0.15, 0.2) is 65.6 Å². The number of ether oxygens (including phenoxy) is 2. The summed E-state index contributed by atoms with van der Waals surface area (Å²) < 4.78 is 52.3. The number of halogens is 2. The monoisotopic (exact) mass is 566 g/mol. The molecule has 0 atom stereocenters. The van der Waals surface area contributed by atoms with Gasteiger partial charge in [0.1, 0.15) is 12.4 Å². The van der Waals surface area contributed by atoms with E-state index < -0.39 is 28.3 Å². The van der Waals surface area contributed by atoms with Crippen molar-refractivity contribution in [2.24, 2.45) is 0 Å². The summed E-state index contributed by atoms with van der Waals surface area (Å²) >= 11 is 7.57. The van der Waals surface area contributed by atoms with E-state index >= 15 is 0 Å². The number of thioether (sulfide) groups is 1. The first kappa shape index (κ1) is 28.6. The van der Waals surface area contributed by atoms with E-state index in [1.165, 1.54) is 55.7 Å². The van der Waals surface area contributed by atoms with E-state index in [0.717, 1.165) is 16.1 Å². The molecule has 0 radical (unpaired) electrons. The van der Waals surface area contributed by atoms with Gasteiger partial charge in [-0.15, -0.1) is 0 Å². The Morgan fingerprint density at radius 3 is 2.38 bits per heavy atom. The highest BCUT2D eigenvalue weighted by molar-refractivity contribution is 7.98. The molecule has 1 amide bonds. The highest BCUT2D eigenvalue weighted by Crippen LogP contribution is 2.33. The van der Waals surface area contributed by atoms with Crippen LogP contribution in [0, 0.1) is 12.7 Å². The maximum atomic E-state index is 13.8. The minimum atomic E-state index is -4.26. The number of nitrogens with zero attached hydrogens (tertiary/aromatic N) is 1. The van der Waals surface area contributed by atoms with Crippen molar-refractivity contribution in [3.63, 3.8) is 0 Å². The first-order valence-electron chi connectivity index (χ1n) is 11.3. The lowest BCUT2D eigenvalue weighted by molar-refractivity contribution is -0.119. The molecular weight excluding hydrogens is 539 g/mol. The lowest BCUT2D eigenvalue weighted by Gasteiger charge is -2.24. The summed E-state index contributed by atoms with van der Waals surface area (Å²) in [5.74, 6) is 0.771. The van der Waals surface area contributed by atoms with Gasteiger partial charge in [-0.1, -0.05) is 41.4 Å². The van der Waals surface area contributed by atoms with Crippen molar-refractivity contribution in [1.29, 1.82) is 0 Å². The molecule has 3 aromatic carbocycles. The molecule has 0 aliphatic carbocycles. The van der Waals surface area contributed by atoms with E-state index in [2.05, 4.69) is 17.4 Å². The molecule has 0 saturated heterocycles. The smallest absolute Gasteiger partial charge is 0.264 e. The highest BCUT2D eigenvalue weighted by atomic mass is 35.5. The van der Waals surface area contributed by atoms with Crippen molar-refractivity contribution in [1.82, 2.24) is 5.32 Å². The standard InChI is InChI=1S/C26H28ClFN2O5S2/c1-18-4-6-19(7-5-18)17-36-13-12-29-26(31)16-30(20-8-10-23(28)22(27)14-20)37(32,33)21-9-11-24(34-2)25(15-21)35-3/h4-11,14-15H,12-13,16-17H2,1-3H3,(H,29,31). The van der Waals surface area contributed by atoms with E-state index in [1.54, 1.807) is 11.8 Å². The summed E-state index contributed by atoms with van der Waals surface area (Å²) in [5, 5.41) is 2.49. The van der Waals surface area contributed by atoms with Crippen molar-refractivity contribution in [3.05, 3.63) is 82.6 Å². The Labute approximate surface area is 226 Å². The van der Waals surface area contributed by atoms with Crippen LogP contribution < -0.4 is 19.1 Å². The molecule has 7 nitrogen and oxygen atoms in total. The third-order valence-electron chi connectivity index (χ3n) is 5.38. The summed E-state index contributed by atoms with van der Waals surface area (Å²) in [4.78, 5) is 12.6. The number of methoxy groups -OCH3 is 2. The Kier molecular flexibility index (Phi) is 10.1. The minimum Gasteiger partial charge on any atom is -0.493 e. The summed E-state index contributed by atoms with van der Waals surface area (Å²) in [7, 11) is -1.44. The van der Waals surface area contributed by atoms with Gasteiger partial charge in [-0.25, -0.2) is 12.8 Å². The number of aryl methyl sites for hydroxylation is 1. The fourth-order valence-electron chi connectivity index (χ4n) is 3.38. The average Bonchev–Trinajstić information content (AvgIpc) is 2.89. The third kappa shape index (κ3) is 7.53. The quantitative estimate of drug-likeness (QED) is 0.309. The Balaban J connectivity index is 1.74. The fraction of sp³-hybridized carbons (Fsp3) is 0.269. The van der Waals surface area contributed by atoms with Crippen molar-refractivity contribution < 1.29 is 27.1 Å². The molecule has 0 fully saturated rings. The van der Waals surface area contributed by atoms with Gasteiger partial charge in [-0.2, -0.15) is 11.8 Å². The second-order valence-electron chi connectivity index (χ2n) is 8.02. The number of sulfonamides is 1. The molecule has 0 aromatic heterocycles. The molecule has 11 heteroatoms. The number of nitrogens with one attached hydrogen (secondary N) is 1. The number of anilines is 1. The number of carbonyl (C=O) groups is 1. The van der Waals surface area contributed by atoms with E-state index in [-0.39, 0.29) is 21.4 Å². The zero-order chi connectivity index (χ0) is 27.0. The molecule has 37 heavy (non-hydrogen) atoms. The summed E-state index contributed by atoms with van der Waals surface area (Å²) in [6.45, 7) is 1.85. The third-order valence-corrected chi connectivity index (χ3v) is 8.47. The Bertz CT molecular complexity index is 1340. The number of amides is 1. The molecule has 3 aromatic rings. The molecule has 0 unspecified atom stereocenters. The van der Waals surface area contributed by atoms with Crippen LogP contribution in [0.3, 0.4) is 0 Å². The van der Waals surface area contributed by atoms with Crippen LogP contribution in [0.5, 0.6) is 11.5 Å². The van der Waals surface area contributed by atoms with Crippen molar-refractivity contribution in [2.45, 2.75) is 17.6 Å². The van der Waals surface area contributed by atoms with Crippen LogP contribution in [0.2, 0.25) is 5.02 Å². The van der Waals surface area contributed by atoms with Gasteiger partial charge in [0, 0.05) is 24.1 Å². The van der Waals surface area contributed by atoms with E-state index in [9.17, 15) is 17.6 Å². The molecule has 0 aliphatic rings. The zero-order valence-corrected chi connectivity index (χ0v) is 23.1. The summed E-state index contributed by atoms with van der Waals surface area (Å²) in [6, 6.07) is 15.8. The van der Waals surface area contributed by atoms with Gasteiger partial charge in [-0.05, 0) is 42.8 Å². The molecule has 0 bridgehead atoms. The number of carbonyl (C=O) groups excluding carboxylic acids is 1. The van der Waals surface area contributed by atoms with Gasteiger partial charge in [0.15, 0.2) is 11.5 Å². The molecule has 0 spiro atoms. The van der Waals surface area contributed by atoms with Gasteiger partial charge in [0.2, 0.25) is 5.91 Å². The Morgan fingerprint density at radius 2 is 1.73 bits per heavy atom. The lowest BCUT2D eigenvalue weighted by atomic mass is 10.2. The molecule has 1 N–H and O–H groups in total. The summed E-state index contributed by atoms with van der Waals surface area (Å²) in [6.07, 6.45) is 0. The lowest BCUT2D eigenvalue weighted by Crippen LogP contribution is -2.41. The number of hydrogen-bond acceptors (Lipinski definition) is 6. The van der Waals surface area contributed by atoms with E-state index in [0.29, 0.717) is 18.0 Å². The zero-order valence-electron chi connectivity index (χ0n) is 20.7. The minimum absolute atomic E-state index is 0.0464. The molecule has 0 heterocycles. The van der Waals surface area contributed by atoms with Crippen LogP contribution in [0.25, 0.3) is 0 Å². The molecule has 198 valence electrons. The van der Waals surface area contributed by atoms with Crippen molar-refractivity contribution in [3.8, 4) is 11.5 Å². The van der Waals surface area contributed by atoms with Crippen LogP contribution >= 0.6 is 23.4 Å². The maximum absolute atomic E-state index is 13.8. The molecule has 0 aliphatic heterocycles. The number of hydrogen-bond donors (Lipinski definition) is 1. The number of rotatable bonds is 12. The fourth-order valence-corrected chi connectivity index (χ4v) is 5.81. The average molecular weight is 567 g/mol. The summed E-state index contributed by atoms with van der Waals surface area (Å²) in [5.41, 5.74) is 2.42. The normalized spacial score (nSPS) is 11.2. The molecule has 0 saturated carbocycles. The van der Waals surface area contributed by atoms with Crippen molar-refractivity contribution in [2.75, 3.05) is 37.4 Å². The Hall–Kier alpha value is -2.95. The highest BCUT2D eigenvalue weighted by Gasteiger charge is 2.29. The van der Waals surface area contributed by atoms with Crippen LogP contribution in [0.1, 0.15) is 11.1 Å². The van der Waals surface area contributed by atoms with Crippen LogP contribution in [0.4, 0.5) is 10.1 Å². The van der Waals surface area contributed by atoms with Crippen LogP contribution in [-0.4, -0.2) is 47.4 Å². The Morgan fingerprint density at radius 1 is 1.03 bits per heavy atom. The first-order valence-corrected chi connectivity index (χ1v) is 14.2. The van der Waals surface area contributed by atoms with Gasteiger partial charge in [0.05, 0.1) is 29.8 Å². The topological polar surface area (TPSA) is 84.9 Å². The van der Waals surface area contributed by atoms with Gasteiger partial charge in [-0.3, -0.25) is 9.10 Å². The van der Waals surface area contributed by atoms with E-state index in [1.807, 2.05) is 19.1 Å². The largest absolute Gasteiger partial charge is 0.493 e. The number of benzene rings is 3. The van der Waals surface area contributed by atoms with Crippen LogP contribution in [-0.2, 0) is 20.6 Å². The predicted octanol–water partition coefficient (Wildman–Crippen LogP) is 5.05. The van der Waals surface area contributed by atoms with E-state index in [4.69, 9.17) is 21.1 Å². The SMILES string of the molecule is COc1ccc(S(=O)(=O)N(CC(=O)NCCSCc2ccc(C)cc2)c2ccc(F)c(Cl)c2)cc1OC. The first-order chi connectivity index (χ1) is 17.6. The predicted molar refractivity (Wildman–Crippen MR) is 146 cm³/mol.